The van der Waals surface area contributed by atoms with E-state index in [0.717, 1.165) is 9.80 Å². The molecule has 4 amide bonds. The molecule has 0 fully saturated rings. The van der Waals surface area contributed by atoms with Crippen LogP contribution in [0.1, 0.15) is 55.3 Å². The molecule has 180 valence electrons. The maximum Gasteiger partial charge on any atom is 0.261 e. The van der Waals surface area contributed by atoms with E-state index in [2.05, 4.69) is 10.6 Å². The highest BCUT2D eigenvalue weighted by atomic mass is 16.3. The number of aliphatic hydroxyl groups is 2. The second-order valence-electron chi connectivity index (χ2n) is 8.70. The summed E-state index contributed by atoms with van der Waals surface area (Å²) in [5.74, 6) is -1.93. The van der Waals surface area contributed by atoms with E-state index in [4.69, 9.17) is 0 Å². The molecule has 0 saturated heterocycles. The molecule has 0 aromatic heterocycles. The Labute approximate surface area is 196 Å². The second kappa shape index (κ2) is 9.59. The maximum absolute atomic E-state index is 13.1. The summed E-state index contributed by atoms with van der Waals surface area (Å²) >= 11 is 0. The fraction of sp³-hybridized carbons (Fsp3) is 0.417. The lowest BCUT2D eigenvalue weighted by Crippen LogP contribution is -2.46. The Morgan fingerprint density at radius 2 is 0.941 bits per heavy atom. The first-order valence-electron chi connectivity index (χ1n) is 11.3. The highest BCUT2D eigenvalue weighted by molar-refractivity contribution is 6.33. The van der Waals surface area contributed by atoms with Crippen molar-refractivity contribution in [1.29, 1.82) is 0 Å². The van der Waals surface area contributed by atoms with E-state index >= 15 is 0 Å². The van der Waals surface area contributed by atoms with Crippen LogP contribution in [0.2, 0.25) is 0 Å². The van der Waals surface area contributed by atoms with Crippen molar-refractivity contribution in [3.8, 4) is 0 Å². The summed E-state index contributed by atoms with van der Waals surface area (Å²) in [4.78, 5) is 54.9. The molecule has 2 aromatic rings. The van der Waals surface area contributed by atoms with Crippen LogP contribution in [0.5, 0.6) is 0 Å². The van der Waals surface area contributed by atoms with Crippen LogP contribution in [0.4, 0.5) is 0 Å². The predicted molar refractivity (Wildman–Crippen MR) is 124 cm³/mol. The Hall–Kier alpha value is -3.18. The monoisotopic (exact) mass is 468 g/mol. The number of amides is 4. The number of carbonyl (C=O) groups is 4. The van der Waals surface area contributed by atoms with Crippen LogP contribution < -0.4 is 10.6 Å². The van der Waals surface area contributed by atoms with Gasteiger partial charge in [-0.2, -0.15) is 0 Å². The lowest BCUT2D eigenvalue weighted by molar-refractivity contribution is 0.0589. The molecule has 0 radical (unpaired) electrons. The first-order valence-corrected chi connectivity index (χ1v) is 11.3. The molecule has 2 aromatic carbocycles. The average molecular weight is 469 g/mol. The van der Waals surface area contributed by atoms with Gasteiger partial charge >= 0.3 is 0 Å². The minimum absolute atomic E-state index is 0.125. The fourth-order valence-corrected chi connectivity index (χ4v) is 4.38. The summed E-state index contributed by atoms with van der Waals surface area (Å²) in [6.07, 6.45) is -1.10. The topological polar surface area (TPSA) is 139 Å². The van der Waals surface area contributed by atoms with E-state index in [-0.39, 0.29) is 35.3 Å². The number of aliphatic hydroxyl groups excluding tert-OH is 2. The van der Waals surface area contributed by atoms with Gasteiger partial charge in [0.05, 0.1) is 12.2 Å². The maximum atomic E-state index is 13.1. The predicted octanol–water partition coefficient (Wildman–Crippen LogP) is -0.0274. The van der Waals surface area contributed by atoms with Crippen molar-refractivity contribution in [3.05, 3.63) is 46.5 Å². The van der Waals surface area contributed by atoms with Crippen LogP contribution in [0.3, 0.4) is 0 Å². The minimum atomic E-state index is -0.548. The van der Waals surface area contributed by atoms with Gasteiger partial charge in [0.2, 0.25) is 0 Å². The third-order valence-electron chi connectivity index (χ3n) is 5.97. The Kier molecular flexibility index (Phi) is 6.76. The quantitative estimate of drug-likeness (QED) is 0.282. The summed E-state index contributed by atoms with van der Waals surface area (Å²) in [5, 5.41) is 25.4. The average Bonchev–Trinajstić information content (AvgIpc) is 2.79. The van der Waals surface area contributed by atoms with Crippen LogP contribution in [-0.2, 0) is 0 Å². The Bertz CT molecular complexity index is 1010. The molecule has 0 bridgehead atoms. The molecule has 10 nitrogen and oxygen atoms in total. The molecule has 10 heteroatoms. The molecular formula is C24H28N4O6. The van der Waals surface area contributed by atoms with E-state index in [1.54, 1.807) is 13.8 Å². The zero-order valence-corrected chi connectivity index (χ0v) is 19.1. The summed E-state index contributed by atoms with van der Waals surface area (Å²) in [6.45, 7) is 4.85. The molecular weight excluding hydrogens is 440 g/mol. The van der Waals surface area contributed by atoms with Crippen molar-refractivity contribution < 1.29 is 29.4 Å². The van der Waals surface area contributed by atoms with Crippen LogP contribution in [0, 0.1) is 0 Å². The number of hydrogen-bond acceptors (Lipinski definition) is 8. The third kappa shape index (κ3) is 4.21. The molecule has 0 saturated carbocycles. The first kappa shape index (κ1) is 24.0. The van der Waals surface area contributed by atoms with E-state index in [1.807, 2.05) is 0 Å². The Morgan fingerprint density at radius 3 is 1.21 bits per heavy atom. The number of carbonyl (C=O) groups excluding carboxylic acids is 4. The van der Waals surface area contributed by atoms with Crippen LogP contribution in [0.15, 0.2) is 24.3 Å². The molecule has 4 rings (SSSR count). The summed E-state index contributed by atoms with van der Waals surface area (Å²) in [6, 6.07) is 6.14. The van der Waals surface area contributed by atoms with Gasteiger partial charge in [0.1, 0.15) is 0 Å². The van der Waals surface area contributed by atoms with Crippen LogP contribution >= 0.6 is 0 Å². The number of benzene rings is 2. The lowest BCUT2D eigenvalue weighted by Gasteiger charge is -2.32. The minimum Gasteiger partial charge on any atom is -0.392 e. The zero-order chi connectivity index (χ0) is 24.6. The molecule has 0 aliphatic carbocycles. The van der Waals surface area contributed by atoms with Gasteiger partial charge in [-0.3, -0.25) is 29.0 Å². The Balaban J connectivity index is 1.64. The van der Waals surface area contributed by atoms with Gasteiger partial charge in [0.15, 0.2) is 0 Å². The van der Waals surface area contributed by atoms with E-state index in [1.165, 1.54) is 24.3 Å². The van der Waals surface area contributed by atoms with Crippen molar-refractivity contribution >= 4 is 34.4 Å². The molecule has 2 atom stereocenters. The summed E-state index contributed by atoms with van der Waals surface area (Å²) < 4.78 is 0. The van der Waals surface area contributed by atoms with E-state index in [9.17, 15) is 29.4 Å². The molecule has 2 aliphatic rings. The number of imide groups is 2. The SMILES string of the molecule is CC(O)CNCCN1C(=O)c2ccc3c4c(ccc(c24)C1=O)C(=O)N(CCNCC(C)O)C3=O. The van der Waals surface area contributed by atoms with Crippen molar-refractivity contribution in [3.63, 3.8) is 0 Å². The first-order chi connectivity index (χ1) is 16.2. The summed E-state index contributed by atoms with van der Waals surface area (Å²) in [7, 11) is 0. The van der Waals surface area contributed by atoms with Gasteiger partial charge in [-0.05, 0) is 38.1 Å². The van der Waals surface area contributed by atoms with E-state index < -0.39 is 35.8 Å². The van der Waals surface area contributed by atoms with Crippen molar-refractivity contribution in [2.45, 2.75) is 26.1 Å². The summed E-state index contributed by atoms with van der Waals surface area (Å²) in [5.41, 5.74) is 1.11. The number of nitrogens with zero attached hydrogens (tertiary/aromatic N) is 2. The molecule has 2 unspecified atom stereocenters. The third-order valence-corrected chi connectivity index (χ3v) is 5.97. The van der Waals surface area contributed by atoms with Gasteiger partial charge in [-0.25, -0.2) is 0 Å². The smallest absolute Gasteiger partial charge is 0.261 e. The van der Waals surface area contributed by atoms with E-state index in [0.29, 0.717) is 37.0 Å². The molecule has 4 N–H and O–H groups in total. The van der Waals surface area contributed by atoms with Crippen molar-refractivity contribution in [1.82, 2.24) is 20.4 Å². The fourth-order valence-electron chi connectivity index (χ4n) is 4.38. The van der Waals surface area contributed by atoms with Crippen molar-refractivity contribution in [2.75, 3.05) is 39.3 Å². The normalized spacial score (nSPS) is 17.1. The van der Waals surface area contributed by atoms with Gasteiger partial charge < -0.3 is 20.8 Å². The number of hydrogen-bond donors (Lipinski definition) is 4. The van der Waals surface area contributed by atoms with Gasteiger partial charge in [0.25, 0.3) is 23.6 Å². The number of nitrogens with one attached hydrogen (secondary N) is 2. The molecule has 0 spiro atoms. The zero-order valence-electron chi connectivity index (χ0n) is 19.1. The molecule has 2 aliphatic heterocycles. The standard InChI is InChI=1S/C24H28N4O6/c1-13(29)11-25-7-9-27-21(31)15-3-5-17-20-18(6-4-16(19(15)20)22(27)32)24(34)28(23(17)33)10-8-26-12-14(2)30/h3-6,13-14,25-26,29-30H,7-12H2,1-2H3. The lowest BCUT2D eigenvalue weighted by atomic mass is 9.86. The van der Waals surface area contributed by atoms with Gasteiger partial charge in [-0.1, -0.05) is 0 Å². The van der Waals surface area contributed by atoms with Crippen LogP contribution in [0.25, 0.3) is 10.8 Å². The second-order valence-corrected chi connectivity index (χ2v) is 8.70. The Morgan fingerprint density at radius 1 is 0.647 bits per heavy atom. The van der Waals surface area contributed by atoms with Gasteiger partial charge in [-0.15, -0.1) is 0 Å². The van der Waals surface area contributed by atoms with Crippen LogP contribution in [-0.4, -0.2) is 95.1 Å². The largest absolute Gasteiger partial charge is 0.392 e. The molecule has 34 heavy (non-hydrogen) atoms. The number of rotatable bonds is 10. The highest BCUT2D eigenvalue weighted by Crippen LogP contribution is 2.37. The highest BCUT2D eigenvalue weighted by Gasteiger charge is 2.39. The molecule has 2 heterocycles. The van der Waals surface area contributed by atoms with Crippen molar-refractivity contribution in [2.24, 2.45) is 0 Å². The van der Waals surface area contributed by atoms with Gasteiger partial charge in [0, 0.05) is 72.3 Å².